The van der Waals surface area contributed by atoms with E-state index in [2.05, 4.69) is 0 Å². The largest absolute Gasteiger partial charge is 0.507 e. The third-order valence-electron chi connectivity index (χ3n) is 5.77. The highest BCUT2D eigenvalue weighted by Crippen LogP contribution is 2.40. The minimum Gasteiger partial charge on any atom is -0.507 e. The number of ether oxygens (including phenoxy) is 1. The molecule has 5 nitrogen and oxygen atoms in total. The molecule has 0 aromatic heterocycles. The van der Waals surface area contributed by atoms with Crippen molar-refractivity contribution in [2.75, 3.05) is 13.2 Å². The Hall–Kier alpha value is -2.41. The second kappa shape index (κ2) is 9.45. The van der Waals surface area contributed by atoms with Crippen LogP contribution in [0.1, 0.15) is 81.1 Å². The lowest BCUT2D eigenvalue weighted by molar-refractivity contribution is 0.0962. The zero-order valence-corrected chi connectivity index (χ0v) is 22.1. The van der Waals surface area contributed by atoms with Gasteiger partial charge in [0.15, 0.2) is 17.3 Å². The smallest absolute Gasteiger partial charge is 0.182 e. The standard InChI is InChI=1S/C26H33FN2O3.BrH/c1-8-32-22-11-16-13-29(24(28)17(16)12-20(22)27)14-21(30)15-9-18(25(2,3)4)23(31)19(10-15)26(5,6)7;/h9-12,28,31H,8,13-14H2,1-7H3;1H. The van der Waals surface area contributed by atoms with Gasteiger partial charge in [0, 0.05) is 28.8 Å². The van der Waals surface area contributed by atoms with Gasteiger partial charge in [0.05, 0.1) is 13.2 Å². The van der Waals surface area contributed by atoms with Crippen LogP contribution < -0.4 is 4.74 Å². The fourth-order valence-corrected chi connectivity index (χ4v) is 4.01. The topological polar surface area (TPSA) is 73.6 Å². The number of nitrogens with one attached hydrogen (secondary N) is 1. The van der Waals surface area contributed by atoms with E-state index in [1.165, 1.54) is 6.07 Å². The molecule has 0 fully saturated rings. The van der Waals surface area contributed by atoms with Crippen molar-refractivity contribution in [2.45, 2.75) is 65.8 Å². The van der Waals surface area contributed by atoms with Crippen LogP contribution in [0.4, 0.5) is 4.39 Å². The van der Waals surface area contributed by atoms with Gasteiger partial charge in [-0.15, -0.1) is 17.0 Å². The van der Waals surface area contributed by atoms with Gasteiger partial charge >= 0.3 is 0 Å². The number of phenols is 1. The molecule has 0 bridgehead atoms. The van der Waals surface area contributed by atoms with Gasteiger partial charge in [-0.3, -0.25) is 10.2 Å². The molecule has 0 saturated carbocycles. The lowest BCUT2D eigenvalue weighted by Gasteiger charge is -2.28. The second-order valence-electron chi connectivity index (χ2n) is 10.4. The van der Waals surface area contributed by atoms with Crippen molar-refractivity contribution < 1.29 is 19.0 Å². The Morgan fingerprint density at radius 2 is 1.64 bits per heavy atom. The second-order valence-corrected chi connectivity index (χ2v) is 10.4. The number of hydrogen-bond donors (Lipinski definition) is 2. The number of Topliss-reactive ketones (excluding diaryl/α,β-unsaturated/α-hetero) is 1. The molecule has 1 aliphatic heterocycles. The molecule has 0 unspecified atom stereocenters. The molecule has 2 aromatic rings. The van der Waals surface area contributed by atoms with E-state index >= 15 is 0 Å². The summed E-state index contributed by atoms with van der Waals surface area (Å²) in [6.07, 6.45) is 0. The number of aromatic hydroxyl groups is 1. The summed E-state index contributed by atoms with van der Waals surface area (Å²) in [4.78, 5) is 14.9. The summed E-state index contributed by atoms with van der Waals surface area (Å²) in [7, 11) is 0. The lowest BCUT2D eigenvalue weighted by Crippen LogP contribution is -2.30. The van der Waals surface area contributed by atoms with Crippen LogP contribution in [0.5, 0.6) is 11.5 Å². The molecule has 0 saturated heterocycles. The van der Waals surface area contributed by atoms with Crippen molar-refractivity contribution in [1.82, 2.24) is 4.90 Å². The van der Waals surface area contributed by atoms with Gasteiger partial charge in [0.2, 0.25) is 0 Å². The number of halogens is 2. The minimum atomic E-state index is -0.508. The fourth-order valence-electron chi connectivity index (χ4n) is 4.01. The monoisotopic (exact) mass is 520 g/mol. The first-order valence-electron chi connectivity index (χ1n) is 10.9. The van der Waals surface area contributed by atoms with Crippen LogP contribution in [0.2, 0.25) is 0 Å². The number of benzene rings is 2. The van der Waals surface area contributed by atoms with Crippen molar-refractivity contribution in [3.8, 4) is 11.5 Å². The summed E-state index contributed by atoms with van der Waals surface area (Å²) in [5, 5.41) is 19.4. The maximum Gasteiger partial charge on any atom is 0.182 e. The highest BCUT2D eigenvalue weighted by molar-refractivity contribution is 8.93. The normalized spacial score (nSPS) is 13.6. The Bertz CT molecular complexity index is 1050. The van der Waals surface area contributed by atoms with E-state index in [4.69, 9.17) is 10.1 Å². The SMILES string of the molecule is Br.CCOc1cc2c(cc1F)C(=N)N(CC(=O)c1cc(C(C)(C)C)c(O)c(C(C)(C)C)c1)C2. The summed E-state index contributed by atoms with van der Waals surface area (Å²) >= 11 is 0. The van der Waals surface area contributed by atoms with Crippen LogP contribution in [0, 0.1) is 11.2 Å². The van der Waals surface area contributed by atoms with Crippen LogP contribution in [-0.2, 0) is 17.4 Å². The van der Waals surface area contributed by atoms with E-state index in [1.807, 2.05) is 41.5 Å². The van der Waals surface area contributed by atoms with Crippen molar-refractivity contribution in [3.05, 3.63) is 57.9 Å². The van der Waals surface area contributed by atoms with E-state index in [1.54, 1.807) is 30.0 Å². The third-order valence-corrected chi connectivity index (χ3v) is 5.77. The number of rotatable bonds is 5. The summed E-state index contributed by atoms with van der Waals surface area (Å²) in [6.45, 7) is 14.5. The summed E-state index contributed by atoms with van der Waals surface area (Å²) < 4.78 is 19.6. The number of hydrogen-bond acceptors (Lipinski definition) is 4. The van der Waals surface area contributed by atoms with Crippen molar-refractivity contribution in [1.29, 1.82) is 5.41 Å². The number of carbonyl (C=O) groups is 1. The molecule has 33 heavy (non-hydrogen) atoms. The first-order chi connectivity index (χ1) is 14.7. The van der Waals surface area contributed by atoms with Crippen LogP contribution in [0.3, 0.4) is 0 Å². The van der Waals surface area contributed by atoms with Crippen molar-refractivity contribution in [2.24, 2.45) is 0 Å². The van der Waals surface area contributed by atoms with Crippen LogP contribution in [0.15, 0.2) is 24.3 Å². The molecule has 7 heteroatoms. The number of fused-ring (bicyclic) bond motifs is 1. The first-order valence-corrected chi connectivity index (χ1v) is 10.9. The average Bonchev–Trinajstić information content (AvgIpc) is 2.95. The Morgan fingerprint density at radius 3 is 2.12 bits per heavy atom. The maximum absolute atomic E-state index is 14.3. The molecule has 1 heterocycles. The lowest BCUT2D eigenvalue weighted by atomic mass is 9.78. The molecule has 0 aliphatic carbocycles. The first kappa shape index (κ1) is 26.8. The van der Waals surface area contributed by atoms with E-state index in [9.17, 15) is 14.3 Å². The summed E-state index contributed by atoms with van der Waals surface area (Å²) in [5.41, 5.74) is 2.50. The van der Waals surface area contributed by atoms with Gasteiger partial charge in [0.25, 0.3) is 0 Å². The predicted molar refractivity (Wildman–Crippen MR) is 135 cm³/mol. The van der Waals surface area contributed by atoms with Gasteiger partial charge in [-0.1, -0.05) is 41.5 Å². The zero-order valence-electron chi connectivity index (χ0n) is 20.4. The third kappa shape index (κ3) is 5.40. The molecule has 0 amide bonds. The molecular weight excluding hydrogens is 487 g/mol. The molecule has 1 aliphatic rings. The summed E-state index contributed by atoms with van der Waals surface area (Å²) in [5.74, 6) is -0.144. The molecule has 0 atom stereocenters. The molecule has 0 spiro atoms. The molecular formula is C26H34BrFN2O3. The molecule has 2 N–H and O–H groups in total. The minimum absolute atomic E-state index is 0. The van der Waals surface area contributed by atoms with E-state index < -0.39 is 5.82 Å². The van der Waals surface area contributed by atoms with E-state index in [0.29, 0.717) is 24.3 Å². The predicted octanol–water partition coefficient (Wildman–Crippen LogP) is 6.13. The number of amidine groups is 1. The number of ketones is 1. The fraction of sp³-hybridized carbons (Fsp3) is 0.462. The van der Waals surface area contributed by atoms with Crippen LogP contribution in [0.25, 0.3) is 0 Å². The highest BCUT2D eigenvalue weighted by atomic mass is 79.9. The molecule has 2 aromatic carbocycles. The van der Waals surface area contributed by atoms with Crippen molar-refractivity contribution >= 4 is 28.6 Å². The van der Waals surface area contributed by atoms with Gasteiger partial charge in [-0.05, 0) is 47.6 Å². The highest BCUT2D eigenvalue weighted by Gasteiger charge is 2.31. The summed E-state index contributed by atoms with van der Waals surface area (Å²) in [6, 6.07) is 6.44. The molecule has 180 valence electrons. The molecule has 0 radical (unpaired) electrons. The van der Waals surface area contributed by atoms with Gasteiger partial charge in [-0.25, -0.2) is 4.39 Å². The van der Waals surface area contributed by atoms with E-state index in [0.717, 1.165) is 16.7 Å². The Balaban J connectivity index is 0.00000385. The Kier molecular flexibility index (Phi) is 7.69. The van der Waals surface area contributed by atoms with Crippen molar-refractivity contribution in [3.63, 3.8) is 0 Å². The van der Waals surface area contributed by atoms with Crippen LogP contribution in [-0.4, -0.2) is 34.8 Å². The average molecular weight is 521 g/mol. The number of nitrogens with zero attached hydrogens (tertiary/aromatic N) is 1. The van der Waals surface area contributed by atoms with Gasteiger partial charge in [0.1, 0.15) is 11.6 Å². The zero-order chi connectivity index (χ0) is 24.0. The van der Waals surface area contributed by atoms with Gasteiger partial charge in [-0.2, -0.15) is 0 Å². The Labute approximate surface area is 206 Å². The maximum atomic E-state index is 14.3. The van der Waals surface area contributed by atoms with E-state index in [-0.39, 0.29) is 57.5 Å². The quantitative estimate of drug-likeness (QED) is 0.465. The Morgan fingerprint density at radius 1 is 1.09 bits per heavy atom. The number of carbonyl (C=O) groups excluding carboxylic acids is 1. The number of phenolic OH excluding ortho intramolecular Hbond substituents is 1. The van der Waals surface area contributed by atoms with Crippen LogP contribution >= 0.6 is 17.0 Å². The van der Waals surface area contributed by atoms with Gasteiger partial charge < -0.3 is 14.7 Å². The molecule has 3 rings (SSSR count).